The third-order valence-electron chi connectivity index (χ3n) is 5.55. The molecule has 4 heterocycles. The van der Waals surface area contributed by atoms with Gasteiger partial charge in [0.05, 0.1) is 19.0 Å². The van der Waals surface area contributed by atoms with Crippen LogP contribution in [0.5, 0.6) is 0 Å². The maximum Gasteiger partial charge on any atom is 0.261 e. The quantitative estimate of drug-likeness (QED) is 0.731. The number of amides is 1. The third-order valence-corrected chi connectivity index (χ3v) is 6.53. The molecule has 6 nitrogen and oxygen atoms in total. The average molecular weight is 387 g/mol. The predicted octanol–water partition coefficient (Wildman–Crippen LogP) is 3.07. The summed E-state index contributed by atoms with van der Waals surface area (Å²) < 4.78 is 0.625. The van der Waals surface area contributed by atoms with Crippen LogP contribution < -0.4 is 9.38 Å². The summed E-state index contributed by atoms with van der Waals surface area (Å²) in [5.74, 6) is 3.58. The summed E-state index contributed by atoms with van der Waals surface area (Å²) in [7, 11) is 4.25. The minimum Gasteiger partial charge on any atom is -0.338 e. The fourth-order valence-electron chi connectivity index (χ4n) is 4.30. The number of anilines is 1. The predicted molar refractivity (Wildman–Crippen MR) is 112 cm³/mol. The molecule has 3 aliphatic heterocycles. The van der Waals surface area contributed by atoms with Crippen LogP contribution in [0.2, 0.25) is 0 Å². The molecule has 0 bridgehead atoms. The fourth-order valence-corrected chi connectivity index (χ4v) is 5.26. The van der Waals surface area contributed by atoms with Crippen molar-refractivity contribution in [3.05, 3.63) is 29.2 Å². The summed E-state index contributed by atoms with van der Waals surface area (Å²) in [5.41, 5.74) is 2.29. The van der Waals surface area contributed by atoms with Gasteiger partial charge in [0.2, 0.25) is 5.82 Å². The molecule has 0 aliphatic carbocycles. The molecule has 7 heteroatoms. The number of hydrogen-bond acceptors (Lipinski definition) is 5. The Balaban J connectivity index is 1.64. The molecular formula is C20H28N5OS+. The van der Waals surface area contributed by atoms with E-state index in [9.17, 15) is 4.79 Å². The SMILES string of the molecule is CC1=C[N+](C)(C)c2ncnc(N3C=C(C(=O)N4CCCC(C)C4)SCC3)c21. The number of quaternary nitrogens is 1. The van der Waals surface area contributed by atoms with Gasteiger partial charge in [-0.1, -0.05) is 6.92 Å². The highest BCUT2D eigenvalue weighted by atomic mass is 32.2. The van der Waals surface area contributed by atoms with Gasteiger partial charge >= 0.3 is 0 Å². The van der Waals surface area contributed by atoms with Crippen LogP contribution in [0, 0.1) is 5.92 Å². The number of fused-ring (bicyclic) bond motifs is 1. The number of carbonyl (C=O) groups is 1. The summed E-state index contributed by atoms with van der Waals surface area (Å²) in [6.07, 6.45) is 8.17. The van der Waals surface area contributed by atoms with E-state index >= 15 is 0 Å². The fraction of sp³-hybridized carbons (Fsp3) is 0.550. The van der Waals surface area contributed by atoms with Crippen LogP contribution in [-0.2, 0) is 4.79 Å². The van der Waals surface area contributed by atoms with Gasteiger partial charge in [-0.05, 0) is 25.7 Å². The van der Waals surface area contributed by atoms with Crippen molar-refractivity contribution in [3.63, 3.8) is 0 Å². The van der Waals surface area contributed by atoms with Crippen LogP contribution in [0.3, 0.4) is 0 Å². The molecule has 0 spiro atoms. The molecule has 0 saturated carbocycles. The highest BCUT2D eigenvalue weighted by molar-refractivity contribution is 8.04. The van der Waals surface area contributed by atoms with Crippen LogP contribution in [0.1, 0.15) is 32.3 Å². The van der Waals surface area contributed by atoms with E-state index < -0.39 is 0 Å². The van der Waals surface area contributed by atoms with E-state index in [2.05, 4.69) is 49.0 Å². The number of allylic oxidation sites excluding steroid dienone is 1. The molecule has 27 heavy (non-hydrogen) atoms. The zero-order valence-electron chi connectivity index (χ0n) is 16.6. The van der Waals surface area contributed by atoms with Crippen LogP contribution >= 0.6 is 11.8 Å². The molecular weight excluding hydrogens is 358 g/mol. The summed E-state index contributed by atoms with van der Waals surface area (Å²) in [6.45, 7) is 6.93. The first-order valence-corrected chi connectivity index (χ1v) is 10.6. The molecule has 1 amide bonds. The molecule has 4 rings (SSSR count). The number of piperidine rings is 1. The van der Waals surface area contributed by atoms with Crippen LogP contribution in [0.25, 0.3) is 5.57 Å². The van der Waals surface area contributed by atoms with Gasteiger partial charge in [0, 0.05) is 37.2 Å². The Kier molecular flexibility index (Phi) is 4.76. The summed E-state index contributed by atoms with van der Waals surface area (Å²) in [5, 5.41) is 0. The molecule has 1 aromatic rings. The molecule has 3 aliphatic rings. The van der Waals surface area contributed by atoms with Gasteiger partial charge in [0.25, 0.3) is 5.91 Å². The lowest BCUT2D eigenvalue weighted by molar-refractivity contribution is -0.128. The second-order valence-electron chi connectivity index (χ2n) is 8.28. The van der Waals surface area contributed by atoms with E-state index in [0.29, 0.717) is 10.4 Å². The molecule has 1 unspecified atom stereocenters. The maximum absolute atomic E-state index is 13.0. The number of likely N-dealkylation sites (tertiary alicyclic amines) is 1. The Morgan fingerprint density at radius 1 is 1.30 bits per heavy atom. The topological polar surface area (TPSA) is 49.3 Å². The van der Waals surface area contributed by atoms with Crippen molar-refractivity contribution in [2.75, 3.05) is 44.4 Å². The smallest absolute Gasteiger partial charge is 0.261 e. The molecule has 1 aromatic heterocycles. The summed E-state index contributed by atoms with van der Waals surface area (Å²) in [6, 6.07) is 0. The van der Waals surface area contributed by atoms with Crippen molar-refractivity contribution >= 4 is 34.9 Å². The summed E-state index contributed by atoms with van der Waals surface area (Å²) in [4.78, 5) is 27.2. The van der Waals surface area contributed by atoms with E-state index in [1.54, 1.807) is 18.1 Å². The van der Waals surface area contributed by atoms with Gasteiger partial charge in [-0.25, -0.2) is 4.98 Å². The second-order valence-corrected chi connectivity index (χ2v) is 9.42. The average Bonchev–Trinajstić information content (AvgIpc) is 2.90. The first-order chi connectivity index (χ1) is 12.9. The first-order valence-electron chi connectivity index (χ1n) is 9.66. The molecule has 1 fully saturated rings. The van der Waals surface area contributed by atoms with Crippen molar-refractivity contribution in [2.24, 2.45) is 5.92 Å². The molecule has 1 atom stereocenters. The van der Waals surface area contributed by atoms with Crippen LogP contribution in [-0.4, -0.2) is 60.3 Å². The van der Waals surface area contributed by atoms with E-state index in [1.807, 2.05) is 11.1 Å². The lowest BCUT2D eigenvalue weighted by Crippen LogP contribution is -2.40. The Morgan fingerprint density at radius 2 is 2.11 bits per heavy atom. The molecule has 0 N–H and O–H groups in total. The van der Waals surface area contributed by atoms with E-state index in [4.69, 9.17) is 0 Å². The monoisotopic (exact) mass is 386 g/mol. The molecule has 144 valence electrons. The van der Waals surface area contributed by atoms with Gasteiger partial charge in [-0.15, -0.1) is 11.8 Å². The van der Waals surface area contributed by atoms with Crippen molar-refractivity contribution in [1.29, 1.82) is 0 Å². The number of aromatic nitrogens is 2. The van der Waals surface area contributed by atoms with E-state index in [0.717, 1.165) is 53.9 Å². The highest BCUT2D eigenvalue weighted by Gasteiger charge is 2.36. The van der Waals surface area contributed by atoms with E-state index in [-0.39, 0.29) is 5.91 Å². The zero-order valence-corrected chi connectivity index (χ0v) is 17.4. The molecule has 1 saturated heterocycles. The van der Waals surface area contributed by atoms with Crippen LogP contribution in [0.15, 0.2) is 23.6 Å². The number of rotatable bonds is 2. The maximum atomic E-state index is 13.0. The minimum absolute atomic E-state index is 0.172. The van der Waals surface area contributed by atoms with Crippen molar-refractivity contribution in [2.45, 2.75) is 26.7 Å². The second kappa shape index (κ2) is 6.95. The van der Waals surface area contributed by atoms with Crippen molar-refractivity contribution < 1.29 is 4.79 Å². The first kappa shape index (κ1) is 18.5. The van der Waals surface area contributed by atoms with E-state index in [1.165, 1.54) is 12.0 Å². The standard InChI is InChI=1S/C20H28N5OS/c1-14-6-5-7-24(10-14)20(26)16-11-23(8-9-27-16)18-17-15(2)12-25(3,4)19(17)22-13-21-18/h11-14H,5-10H2,1-4H3/q+1. The summed E-state index contributed by atoms with van der Waals surface area (Å²) >= 11 is 1.66. The van der Waals surface area contributed by atoms with Gasteiger partial charge in [0.1, 0.15) is 23.9 Å². The normalized spacial score (nSPS) is 24.4. The number of carbonyl (C=O) groups excluding carboxylic acids is 1. The Morgan fingerprint density at radius 3 is 2.89 bits per heavy atom. The van der Waals surface area contributed by atoms with Crippen LogP contribution in [0.4, 0.5) is 11.6 Å². The van der Waals surface area contributed by atoms with Crippen molar-refractivity contribution in [3.8, 4) is 0 Å². The lowest BCUT2D eigenvalue weighted by Gasteiger charge is -2.33. The molecule has 0 radical (unpaired) electrons. The Labute approximate surface area is 165 Å². The Hall–Kier alpha value is -1.86. The van der Waals surface area contributed by atoms with Gasteiger partial charge in [0.15, 0.2) is 0 Å². The largest absolute Gasteiger partial charge is 0.338 e. The number of nitrogens with zero attached hydrogens (tertiary/aromatic N) is 5. The van der Waals surface area contributed by atoms with Gasteiger partial charge in [-0.2, -0.15) is 4.98 Å². The number of hydrogen-bond donors (Lipinski definition) is 0. The van der Waals surface area contributed by atoms with Crippen molar-refractivity contribution in [1.82, 2.24) is 19.4 Å². The third kappa shape index (κ3) is 3.38. The zero-order chi connectivity index (χ0) is 19.2. The highest BCUT2D eigenvalue weighted by Crippen LogP contribution is 2.41. The van der Waals surface area contributed by atoms with Gasteiger partial charge < -0.3 is 9.80 Å². The van der Waals surface area contributed by atoms with Gasteiger partial charge in [-0.3, -0.25) is 9.28 Å². The minimum atomic E-state index is 0.172. The number of thioether (sulfide) groups is 1. The lowest BCUT2D eigenvalue weighted by atomic mass is 10.0. The molecule has 0 aromatic carbocycles. The Bertz CT molecular complexity index is 832.